The second-order valence-corrected chi connectivity index (χ2v) is 13.6. The van der Waals surface area contributed by atoms with Crippen molar-refractivity contribution in [3.05, 3.63) is 11.6 Å². The molecule has 24 heavy (non-hydrogen) atoms. The molecule has 2 aliphatic rings. The van der Waals surface area contributed by atoms with Crippen molar-refractivity contribution in [3.8, 4) is 11.8 Å². The van der Waals surface area contributed by atoms with Crippen LogP contribution in [0.3, 0.4) is 0 Å². The number of hydrogen-bond acceptors (Lipinski definition) is 2. The maximum Gasteiger partial charge on any atom is 0.184 e. The zero-order valence-corrected chi connectivity index (χ0v) is 17.5. The van der Waals surface area contributed by atoms with Crippen molar-refractivity contribution in [1.82, 2.24) is 0 Å². The second-order valence-electron chi connectivity index (χ2n) is 9.09. The molecule has 0 spiro atoms. The van der Waals surface area contributed by atoms with Crippen molar-refractivity contribution < 1.29 is 9.53 Å². The molecule has 0 heterocycles. The third kappa shape index (κ3) is 4.53. The smallest absolute Gasteiger partial charge is 0.184 e. The van der Waals surface area contributed by atoms with Crippen LogP contribution in [0.15, 0.2) is 11.6 Å². The zero-order valence-electron chi connectivity index (χ0n) is 16.5. The summed E-state index contributed by atoms with van der Waals surface area (Å²) in [5.41, 5.74) is 1.91. The summed E-state index contributed by atoms with van der Waals surface area (Å²) in [6.07, 6.45) is 8.81. The van der Waals surface area contributed by atoms with Crippen LogP contribution in [-0.2, 0) is 4.43 Å². The quantitative estimate of drug-likeness (QED) is 0.430. The van der Waals surface area contributed by atoms with Gasteiger partial charge in [0.05, 0.1) is 6.61 Å². The lowest BCUT2D eigenvalue weighted by Gasteiger charge is -2.46. The monoisotopic (exact) mass is 348 g/mol. The SMILES string of the molecule is CC(C#CCC(C)C1=CCC2C(O[Si](C)(C)C)CCCC12C)CO. The predicted molar refractivity (Wildman–Crippen MR) is 104 cm³/mol. The van der Waals surface area contributed by atoms with Gasteiger partial charge in [0.1, 0.15) is 0 Å². The first-order valence-corrected chi connectivity index (χ1v) is 13.1. The van der Waals surface area contributed by atoms with Crippen LogP contribution in [0.4, 0.5) is 0 Å². The average molecular weight is 349 g/mol. The molecule has 0 amide bonds. The van der Waals surface area contributed by atoms with E-state index in [1.807, 2.05) is 6.92 Å². The molecule has 0 aromatic carbocycles. The molecule has 0 aliphatic heterocycles. The minimum Gasteiger partial charge on any atom is -0.414 e. The van der Waals surface area contributed by atoms with Crippen LogP contribution in [0.1, 0.15) is 52.9 Å². The summed E-state index contributed by atoms with van der Waals surface area (Å²) in [6.45, 7) is 13.8. The van der Waals surface area contributed by atoms with Gasteiger partial charge < -0.3 is 9.53 Å². The van der Waals surface area contributed by atoms with Crippen LogP contribution in [-0.4, -0.2) is 26.1 Å². The molecule has 0 aromatic rings. The topological polar surface area (TPSA) is 29.5 Å². The van der Waals surface area contributed by atoms with Gasteiger partial charge in [0, 0.05) is 18.4 Å². The standard InChI is InChI=1S/C21H36O2Si/c1-16(15-22)9-7-10-17(2)18-12-13-19-20(23-24(4,5)6)11-8-14-21(18,19)3/h12,16-17,19-20,22H,8,10-11,13-15H2,1-6H3. The lowest BCUT2D eigenvalue weighted by molar-refractivity contribution is 0.0203. The van der Waals surface area contributed by atoms with E-state index in [0.717, 1.165) is 6.42 Å². The molecular weight excluding hydrogens is 312 g/mol. The Labute approximate surface area is 150 Å². The Morgan fingerprint density at radius 3 is 2.71 bits per heavy atom. The van der Waals surface area contributed by atoms with Gasteiger partial charge in [-0.25, -0.2) is 0 Å². The first kappa shape index (κ1) is 19.8. The molecule has 5 atom stereocenters. The van der Waals surface area contributed by atoms with Gasteiger partial charge >= 0.3 is 0 Å². The molecule has 2 nitrogen and oxygen atoms in total. The number of rotatable bonds is 5. The van der Waals surface area contributed by atoms with E-state index in [-0.39, 0.29) is 12.5 Å². The number of fused-ring (bicyclic) bond motifs is 1. The van der Waals surface area contributed by atoms with Gasteiger partial charge in [-0.2, -0.15) is 0 Å². The van der Waals surface area contributed by atoms with E-state index in [1.54, 1.807) is 5.57 Å². The fraction of sp³-hybridized carbons (Fsp3) is 0.810. The minimum absolute atomic E-state index is 0.0855. The summed E-state index contributed by atoms with van der Waals surface area (Å²) >= 11 is 0. The van der Waals surface area contributed by atoms with E-state index < -0.39 is 8.32 Å². The van der Waals surface area contributed by atoms with Crippen molar-refractivity contribution in [3.63, 3.8) is 0 Å². The van der Waals surface area contributed by atoms with Gasteiger partial charge in [-0.3, -0.25) is 0 Å². The van der Waals surface area contributed by atoms with Crippen molar-refractivity contribution in [1.29, 1.82) is 0 Å². The Hall–Kier alpha value is -0.563. The third-order valence-corrected chi connectivity index (χ3v) is 6.78. The van der Waals surface area contributed by atoms with Crippen LogP contribution in [0.25, 0.3) is 0 Å². The van der Waals surface area contributed by atoms with Crippen molar-refractivity contribution in [2.45, 2.75) is 78.6 Å². The fourth-order valence-corrected chi connectivity index (χ4v) is 5.82. The Morgan fingerprint density at radius 2 is 2.08 bits per heavy atom. The molecule has 1 saturated carbocycles. The van der Waals surface area contributed by atoms with E-state index in [4.69, 9.17) is 9.53 Å². The average Bonchev–Trinajstić information content (AvgIpc) is 2.83. The van der Waals surface area contributed by atoms with Crippen LogP contribution >= 0.6 is 0 Å². The first-order chi connectivity index (χ1) is 11.2. The molecular formula is C21H36O2Si. The van der Waals surface area contributed by atoms with Crippen molar-refractivity contribution >= 4 is 8.32 Å². The highest BCUT2D eigenvalue weighted by atomic mass is 28.4. The second kappa shape index (κ2) is 7.77. The lowest BCUT2D eigenvalue weighted by atomic mass is 9.63. The maximum atomic E-state index is 9.10. The van der Waals surface area contributed by atoms with Gasteiger partial charge in [0.25, 0.3) is 0 Å². The predicted octanol–water partition coefficient (Wildman–Crippen LogP) is 5.00. The molecule has 1 fully saturated rings. The molecule has 0 aromatic heterocycles. The molecule has 0 bridgehead atoms. The summed E-state index contributed by atoms with van der Waals surface area (Å²) in [5.74, 6) is 7.71. The van der Waals surface area contributed by atoms with E-state index in [1.165, 1.54) is 25.7 Å². The Bertz CT molecular complexity index is 522. The fourth-order valence-electron chi connectivity index (χ4n) is 4.63. The highest BCUT2D eigenvalue weighted by Gasteiger charge is 2.49. The Kier molecular flexibility index (Phi) is 6.39. The summed E-state index contributed by atoms with van der Waals surface area (Å²) < 4.78 is 6.56. The van der Waals surface area contributed by atoms with E-state index in [0.29, 0.717) is 23.4 Å². The molecule has 1 N–H and O–H groups in total. The van der Waals surface area contributed by atoms with E-state index >= 15 is 0 Å². The number of hydrogen-bond donors (Lipinski definition) is 1. The van der Waals surface area contributed by atoms with Gasteiger partial charge in [-0.15, -0.1) is 5.92 Å². The Balaban J connectivity index is 2.07. The first-order valence-electron chi connectivity index (χ1n) is 9.65. The number of aliphatic hydroxyl groups excluding tert-OH is 1. The molecule has 136 valence electrons. The minimum atomic E-state index is -1.49. The summed E-state index contributed by atoms with van der Waals surface area (Å²) in [6, 6.07) is 0. The zero-order chi connectivity index (χ0) is 18.0. The molecule has 2 rings (SSSR count). The highest BCUT2D eigenvalue weighted by Crippen LogP contribution is 2.55. The van der Waals surface area contributed by atoms with Crippen molar-refractivity contribution in [2.75, 3.05) is 6.61 Å². The van der Waals surface area contributed by atoms with Crippen LogP contribution in [0, 0.1) is 35.0 Å². The lowest BCUT2D eigenvalue weighted by Crippen LogP contribution is -2.45. The van der Waals surface area contributed by atoms with Crippen molar-refractivity contribution in [2.24, 2.45) is 23.2 Å². The normalized spacial score (nSPS) is 32.4. The van der Waals surface area contributed by atoms with E-state index in [2.05, 4.69) is 51.4 Å². The Morgan fingerprint density at radius 1 is 1.38 bits per heavy atom. The van der Waals surface area contributed by atoms with E-state index in [9.17, 15) is 0 Å². The summed E-state index contributed by atoms with van der Waals surface area (Å²) in [4.78, 5) is 0. The van der Waals surface area contributed by atoms with Crippen LogP contribution in [0.5, 0.6) is 0 Å². The number of aliphatic hydroxyl groups is 1. The largest absolute Gasteiger partial charge is 0.414 e. The molecule has 0 saturated heterocycles. The molecule has 5 unspecified atom stereocenters. The highest BCUT2D eigenvalue weighted by molar-refractivity contribution is 6.69. The summed E-state index contributed by atoms with van der Waals surface area (Å²) in [5, 5.41) is 9.10. The van der Waals surface area contributed by atoms with Gasteiger partial charge in [0.2, 0.25) is 0 Å². The maximum absolute atomic E-state index is 9.10. The van der Waals surface area contributed by atoms with Gasteiger partial charge in [0.15, 0.2) is 8.32 Å². The molecule has 2 aliphatic carbocycles. The third-order valence-electron chi connectivity index (χ3n) is 5.77. The number of allylic oxidation sites excluding steroid dienone is 2. The molecule has 0 radical (unpaired) electrons. The summed E-state index contributed by atoms with van der Waals surface area (Å²) in [7, 11) is -1.49. The molecule has 3 heteroatoms. The van der Waals surface area contributed by atoms with Gasteiger partial charge in [-0.1, -0.05) is 37.8 Å². The van der Waals surface area contributed by atoms with Crippen LogP contribution < -0.4 is 0 Å². The van der Waals surface area contributed by atoms with Gasteiger partial charge in [-0.05, 0) is 63.1 Å². The van der Waals surface area contributed by atoms with Crippen LogP contribution in [0.2, 0.25) is 19.6 Å².